The molecule has 3 aliphatic rings. The van der Waals surface area contributed by atoms with Crippen molar-refractivity contribution in [1.82, 2.24) is 30.0 Å². The van der Waals surface area contributed by atoms with Gasteiger partial charge in [0, 0.05) is 44.4 Å². The van der Waals surface area contributed by atoms with E-state index in [1.807, 2.05) is 0 Å². The average Bonchev–Trinajstić information content (AvgIpc) is 3.39. The summed E-state index contributed by atoms with van der Waals surface area (Å²) in [5, 5.41) is 7.39. The predicted molar refractivity (Wildman–Crippen MR) is 135 cm³/mol. The van der Waals surface area contributed by atoms with Crippen LogP contribution in [0.4, 0.5) is 23.5 Å². The zero-order valence-corrected chi connectivity index (χ0v) is 22.2. The molecule has 1 amide bonds. The Morgan fingerprint density at radius 3 is 2.65 bits per heavy atom. The third-order valence-corrected chi connectivity index (χ3v) is 7.89. The molecule has 16 heteroatoms. The van der Waals surface area contributed by atoms with Crippen molar-refractivity contribution in [2.75, 3.05) is 44.3 Å². The minimum absolute atomic E-state index is 0.0135. The molecule has 1 saturated heterocycles. The SMILES string of the molecule is CCC1(F)N(C(Cl)C(N)=O)c2nc(C3=CCOCC3)nn2C(=O)C1(c1cccnc1C(F)(F)F)N1CCNCC1. The molecule has 0 radical (unpaired) electrons. The van der Waals surface area contributed by atoms with Gasteiger partial charge in [0.25, 0.3) is 11.8 Å². The zero-order chi connectivity index (χ0) is 28.9. The molecular formula is C24H27ClF4N8O3. The molecular weight excluding hydrogens is 560 g/mol. The summed E-state index contributed by atoms with van der Waals surface area (Å²) in [6.45, 7) is 2.40. The molecule has 40 heavy (non-hydrogen) atoms. The number of aromatic nitrogens is 4. The maximum atomic E-state index is 18.2. The summed E-state index contributed by atoms with van der Waals surface area (Å²) in [7, 11) is 0. The third-order valence-electron chi connectivity index (χ3n) is 7.48. The van der Waals surface area contributed by atoms with Gasteiger partial charge in [-0.15, -0.1) is 5.10 Å². The van der Waals surface area contributed by atoms with Gasteiger partial charge in [-0.2, -0.15) is 22.8 Å². The molecule has 5 rings (SSSR count). The molecule has 2 aromatic rings. The summed E-state index contributed by atoms with van der Waals surface area (Å²) in [6.07, 6.45) is -2.66. The van der Waals surface area contributed by atoms with Crippen molar-refractivity contribution in [2.24, 2.45) is 5.73 Å². The first kappa shape index (κ1) is 28.4. The van der Waals surface area contributed by atoms with E-state index in [-0.39, 0.29) is 38.6 Å². The van der Waals surface area contributed by atoms with E-state index in [0.717, 1.165) is 16.9 Å². The van der Waals surface area contributed by atoms with Crippen LogP contribution in [0.3, 0.4) is 0 Å². The molecule has 11 nitrogen and oxygen atoms in total. The Balaban J connectivity index is 1.89. The number of fused-ring (bicyclic) bond motifs is 1. The summed E-state index contributed by atoms with van der Waals surface area (Å²) < 4.78 is 67.6. The first-order chi connectivity index (χ1) is 19.0. The lowest BCUT2D eigenvalue weighted by Gasteiger charge is -2.57. The number of nitrogens with zero attached hydrogens (tertiary/aromatic N) is 6. The van der Waals surface area contributed by atoms with E-state index in [2.05, 4.69) is 20.4 Å². The number of primary amides is 1. The molecule has 3 atom stereocenters. The summed E-state index contributed by atoms with van der Waals surface area (Å²) in [4.78, 5) is 37.0. The number of alkyl halides is 5. The van der Waals surface area contributed by atoms with Gasteiger partial charge in [0.15, 0.2) is 16.9 Å². The van der Waals surface area contributed by atoms with Crippen molar-refractivity contribution in [3.63, 3.8) is 0 Å². The largest absolute Gasteiger partial charge is 0.433 e. The minimum Gasteiger partial charge on any atom is -0.377 e. The Labute approximate surface area is 231 Å². The molecule has 0 aliphatic carbocycles. The summed E-state index contributed by atoms with van der Waals surface area (Å²) in [5.41, 5.74) is -0.713. The van der Waals surface area contributed by atoms with Crippen molar-refractivity contribution >= 4 is 34.9 Å². The number of nitrogens with one attached hydrogen (secondary N) is 1. The number of anilines is 1. The lowest BCUT2D eigenvalue weighted by molar-refractivity contribution is -0.145. The molecule has 0 aromatic carbocycles. The number of piperazine rings is 1. The average molecular weight is 587 g/mol. The topological polar surface area (TPSA) is 132 Å². The molecule has 0 saturated carbocycles. The van der Waals surface area contributed by atoms with Gasteiger partial charge in [0.1, 0.15) is 5.69 Å². The van der Waals surface area contributed by atoms with E-state index >= 15 is 4.39 Å². The number of carbonyl (C=O) groups is 2. The molecule has 3 unspecified atom stereocenters. The molecule has 2 aromatic heterocycles. The predicted octanol–water partition coefficient (Wildman–Crippen LogP) is 1.88. The van der Waals surface area contributed by atoms with E-state index in [1.165, 1.54) is 17.9 Å². The second-order valence-electron chi connectivity index (χ2n) is 9.57. The fourth-order valence-electron chi connectivity index (χ4n) is 5.74. The fourth-order valence-corrected chi connectivity index (χ4v) is 5.98. The van der Waals surface area contributed by atoms with Crippen LogP contribution >= 0.6 is 11.6 Å². The van der Waals surface area contributed by atoms with E-state index in [9.17, 15) is 22.8 Å². The van der Waals surface area contributed by atoms with Crippen LogP contribution in [0.15, 0.2) is 24.4 Å². The maximum Gasteiger partial charge on any atom is 0.433 e. The van der Waals surface area contributed by atoms with Crippen molar-refractivity contribution in [3.8, 4) is 0 Å². The molecule has 216 valence electrons. The lowest BCUT2D eigenvalue weighted by Crippen LogP contribution is -2.77. The van der Waals surface area contributed by atoms with Gasteiger partial charge in [-0.3, -0.25) is 24.4 Å². The van der Waals surface area contributed by atoms with E-state index in [0.29, 0.717) is 23.5 Å². The second kappa shape index (κ2) is 10.4. The fraction of sp³-hybridized carbons (Fsp3) is 0.542. The van der Waals surface area contributed by atoms with Crippen LogP contribution in [0, 0.1) is 0 Å². The molecule has 3 aliphatic heterocycles. The summed E-state index contributed by atoms with van der Waals surface area (Å²) in [6, 6.07) is 2.22. The van der Waals surface area contributed by atoms with Gasteiger partial charge in [-0.25, -0.2) is 4.39 Å². The van der Waals surface area contributed by atoms with Crippen LogP contribution in [-0.2, 0) is 21.2 Å². The number of ether oxygens (including phenoxy) is 1. The van der Waals surface area contributed by atoms with Crippen LogP contribution in [0.25, 0.3) is 5.57 Å². The van der Waals surface area contributed by atoms with Gasteiger partial charge in [0.2, 0.25) is 11.7 Å². The van der Waals surface area contributed by atoms with E-state index in [1.54, 1.807) is 6.08 Å². The molecule has 3 N–H and O–H groups in total. The number of nitrogens with two attached hydrogens (primary N) is 1. The van der Waals surface area contributed by atoms with Crippen LogP contribution < -0.4 is 16.0 Å². The first-order valence-corrected chi connectivity index (χ1v) is 13.1. The van der Waals surface area contributed by atoms with Crippen LogP contribution in [0.1, 0.15) is 41.6 Å². The monoisotopic (exact) mass is 586 g/mol. The van der Waals surface area contributed by atoms with E-state index < -0.39 is 58.4 Å². The number of halogens is 5. The number of hydrogen-bond donors (Lipinski definition) is 2. The summed E-state index contributed by atoms with van der Waals surface area (Å²) >= 11 is 6.43. The quantitative estimate of drug-likeness (QED) is 0.296. The Morgan fingerprint density at radius 1 is 1.32 bits per heavy atom. The lowest BCUT2D eigenvalue weighted by atomic mass is 9.73. The smallest absolute Gasteiger partial charge is 0.377 e. The summed E-state index contributed by atoms with van der Waals surface area (Å²) in [5.74, 6) is -5.79. The maximum absolute atomic E-state index is 18.2. The van der Waals surface area contributed by atoms with Crippen molar-refractivity contribution in [1.29, 1.82) is 0 Å². The van der Waals surface area contributed by atoms with Crippen molar-refractivity contribution < 1.29 is 31.9 Å². The van der Waals surface area contributed by atoms with Crippen LogP contribution in [0.2, 0.25) is 0 Å². The van der Waals surface area contributed by atoms with Gasteiger partial charge < -0.3 is 15.8 Å². The zero-order valence-electron chi connectivity index (χ0n) is 21.4. The van der Waals surface area contributed by atoms with Gasteiger partial charge in [-0.1, -0.05) is 30.7 Å². The Kier molecular flexibility index (Phi) is 7.35. The minimum atomic E-state index is -5.05. The highest BCUT2D eigenvalue weighted by Crippen LogP contribution is 2.54. The Hall–Kier alpha value is -3.14. The number of rotatable bonds is 6. The van der Waals surface area contributed by atoms with Crippen LogP contribution in [-0.4, -0.2) is 87.1 Å². The molecule has 5 heterocycles. The number of amides is 1. The Bertz CT molecular complexity index is 1350. The van der Waals surface area contributed by atoms with Crippen LogP contribution in [0.5, 0.6) is 0 Å². The normalized spacial score (nSPS) is 26.8. The highest BCUT2D eigenvalue weighted by atomic mass is 35.5. The molecule has 0 bridgehead atoms. The molecule has 1 fully saturated rings. The number of hydrogen-bond acceptors (Lipinski definition) is 9. The third kappa shape index (κ3) is 4.17. The van der Waals surface area contributed by atoms with Gasteiger partial charge in [-0.05, 0) is 18.1 Å². The highest BCUT2D eigenvalue weighted by molar-refractivity contribution is 6.32. The van der Waals surface area contributed by atoms with Crippen molar-refractivity contribution in [3.05, 3.63) is 41.5 Å². The second-order valence-corrected chi connectivity index (χ2v) is 9.99. The van der Waals surface area contributed by atoms with Gasteiger partial charge in [0.05, 0.1) is 13.2 Å². The number of pyridine rings is 1. The Morgan fingerprint density at radius 2 is 2.05 bits per heavy atom. The first-order valence-electron chi connectivity index (χ1n) is 12.7. The van der Waals surface area contributed by atoms with Crippen molar-refractivity contribution in [2.45, 2.75) is 42.8 Å². The molecule has 0 spiro atoms. The highest BCUT2D eigenvalue weighted by Gasteiger charge is 2.71. The van der Waals surface area contributed by atoms with E-state index in [4.69, 9.17) is 22.1 Å². The standard InChI is InChI=1S/C24H27ClF4N8O3/c1-2-22(26)23(35-10-8-31-9-11-35,15-4-3-7-32-16(15)24(27,28)29)20(39)37-21(36(22)17(25)18(30)38)33-19(34-37)14-5-12-40-13-6-14/h3-5,7,17,31H,2,6,8-13H2,1H3,(H2,30,38). The number of carbonyl (C=O) groups excluding carboxylic acids is 2. The van der Waals surface area contributed by atoms with Gasteiger partial charge >= 0.3 is 6.18 Å².